The molecule has 3 aromatic rings. The fourth-order valence-electron chi connectivity index (χ4n) is 4.71. The second-order valence-corrected chi connectivity index (χ2v) is 8.83. The minimum atomic E-state index is -0.0262. The number of hydrogen-bond donors (Lipinski definition) is 0. The van der Waals surface area contributed by atoms with Gasteiger partial charge in [0.2, 0.25) is 0 Å². The summed E-state index contributed by atoms with van der Waals surface area (Å²) in [5, 5.41) is 2.05. The van der Waals surface area contributed by atoms with Crippen molar-refractivity contribution in [3.8, 4) is 21.7 Å². The number of likely N-dealkylation sites (tertiary alicyclic amines) is 1. The molecule has 30 heavy (non-hydrogen) atoms. The average molecular weight is 421 g/mol. The molecule has 1 aromatic carbocycles. The predicted molar refractivity (Wildman–Crippen MR) is 119 cm³/mol. The summed E-state index contributed by atoms with van der Waals surface area (Å²) in [5.41, 5.74) is 4.03. The van der Waals surface area contributed by atoms with Crippen LogP contribution in [0.25, 0.3) is 21.7 Å². The topological polar surface area (TPSA) is 51.5 Å². The molecule has 0 radical (unpaired) electrons. The van der Waals surface area contributed by atoms with E-state index < -0.39 is 0 Å². The maximum absolute atomic E-state index is 13.8. The Morgan fingerprint density at radius 2 is 2.03 bits per heavy atom. The quantitative estimate of drug-likeness (QED) is 0.640. The van der Waals surface area contributed by atoms with E-state index in [0.29, 0.717) is 24.3 Å². The van der Waals surface area contributed by atoms with E-state index in [-0.39, 0.29) is 17.5 Å². The van der Waals surface area contributed by atoms with E-state index in [0.717, 1.165) is 41.9 Å². The zero-order chi connectivity index (χ0) is 20.7. The van der Waals surface area contributed by atoms with Crippen LogP contribution in [-0.2, 0) is 17.7 Å². The first-order valence-electron chi connectivity index (χ1n) is 10.4. The van der Waals surface area contributed by atoms with Crippen molar-refractivity contribution in [2.24, 2.45) is 0 Å². The molecule has 5 rings (SSSR count). The molecule has 2 aromatic heterocycles. The fourth-order valence-corrected chi connectivity index (χ4v) is 5.73. The molecule has 4 heterocycles. The minimum absolute atomic E-state index is 0.00303. The van der Waals surface area contributed by atoms with Crippen molar-refractivity contribution < 1.29 is 9.53 Å². The number of methoxy groups -OCH3 is 1. The molecule has 1 atom stereocenters. The third-order valence-corrected chi connectivity index (χ3v) is 7.13. The summed E-state index contributed by atoms with van der Waals surface area (Å²) >= 11 is 1.61. The number of rotatable bonds is 4. The average Bonchev–Trinajstić information content (AvgIpc) is 3.44. The Hall–Kier alpha value is -2.70. The van der Waals surface area contributed by atoms with Gasteiger partial charge in [0.05, 0.1) is 28.8 Å². The predicted octanol–water partition coefficient (Wildman–Crippen LogP) is 4.05. The van der Waals surface area contributed by atoms with Crippen LogP contribution in [0, 0.1) is 0 Å². The third-order valence-electron chi connectivity index (χ3n) is 6.17. The molecule has 1 saturated heterocycles. The van der Waals surface area contributed by atoms with Crippen molar-refractivity contribution in [1.82, 2.24) is 9.47 Å². The van der Waals surface area contributed by atoms with E-state index in [4.69, 9.17) is 4.74 Å². The van der Waals surface area contributed by atoms with Gasteiger partial charge in [-0.2, -0.15) is 0 Å². The summed E-state index contributed by atoms with van der Waals surface area (Å²) in [6.07, 6.45) is 2.74. The van der Waals surface area contributed by atoms with Crippen LogP contribution in [0.2, 0.25) is 0 Å². The second kappa shape index (κ2) is 7.85. The van der Waals surface area contributed by atoms with Crippen LogP contribution in [-0.4, -0.2) is 41.7 Å². The molecule has 0 N–H and O–H groups in total. The Kier molecular flexibility index (Phi) is 5.05. The number of nitrogens with zero attached hydrogens (tertiary/aromatic N) is 2. The summed E-state index contributed by atoms with van der Waals surface area (Å²) in [6.45, 7) is 1.86. The maximum Gasteiger partial charge on any atom is 0.258 e. The lowest BCUT2D eigenvalue weighted by molar-refractivity contribution is 0.0630. The van der Waals surface area contributed by atoms with E-state index >= 15 is 0 Å². The molecule has 2 aliphatic heterocycles. The lowest BCUT2D eigenvalue weighted by Crippen LogP contribution is -2.39. The van der Waals surface area contributed by atoms with E-state index in [9.17, 15) is 9.59 Å². The number of aromatic nitrogens is 1. The van der Waals surface area contributed by atoms with Gasteiger partial charge in [-0.15, -0.1) is 11.3 Å². The van der Waals surface area contributed by atoms with Gasteiger partial charge < -0.3 is 14.2 Å². The zero-order valence-electron chi connectivity index (χ0n) is 17.0. The van der Waals surface area contributed by atoms with Gasteiger partial charge in [0.15, 0.2) is 0 Å². The summed E-state index contributed by atoms with van der Waals surface area (Å²) in [4.78, 5) is 30.2. The van der Waals surface area contributed by atoms with Gasteiger partial charge in [0.25, 0.3) is 11.5 Å². The molecule has 1 amide bonds. The number of ether oxygens (including phenoxy) is 1. The number of benzene rings is 1. The third kappa shape index (κ3) is 3.11. The first-order valence-corrected chi connectivity index (χ1v) is 11.3. The van der Waals surface area contributed by atoms with E-state index in [1.807, 2.05) is 51.2 Å². The van der Waals surface area contributed by atoms with Crippen LogP contribution >= 0.6 is 11.3 Å². The highest BCUT2D eigenvalue weighted by Crippen LogP contribution is 2.37. The smallest absolute Gasteiger partial charge is 0.258 e. The largest absolute Gasteiger partial charge is 0.383 e. The number of hydrogen-bond acceptors (Lipinski definition) is 4. The molecular formula is C24H24N2O3S. The molecule has 0 saturated carbocycles. The van der Waals surface area contributed by atoms with Crippen LogP contribution in [0.15, 0.2) is 52.6 Å². The van der Waals surface area contributed by atoms with Crippen molar-refractivity contribution in [3.05, 3.63) is 69.3 Å². The Labute approximate surface area is 179 Å². The number of thiophene rings is 1. The Bertz CT molecular complexity index is 1150. The number of fused-ring (bicyclic) bond motifs is 3. The van der Waals surface area contributed by atoms with Crippen LogP contribution in [0.4, 0.5) is 0 Å². The van der Waals surface area contributed by atoms with Gasteiger partial charge in [-0.25, -0.2) is 0 Å². The van der Waals surface area contributed by atoms with Gasteiger partial charge in [0.1, 0.15) is 0 Å². The first-order chi connectivity index (χ1) is 14.7. The molecule has 5 nitrogen and oxygen atoms in total. The molecule has 0 aliphatic carbocycles. The molecule has 0 bridgehead atoms. The van der Waals surface area contributed by atoms with Crippen molar-refractivity contribution >= 4 is 17.2 Å². The highest BCUT2D eigenvalue weighted by Gasteiger charge is 2.34. The van der Waals surface area contributed by atoms with Crippen LogP contribution < -0.4 is 5.56 Å². The number of carbonyl (C=O) groups is 1. The van der Waals surface area contributed by atoms with Crippen LogP contribution in [0.1, 0.15) is 28.8 Å². The highest BCUT2D eigenvalue weighted by molar-refractivity contribution is 7.13. The number of pyridine rings is 1. The van der Waals surface area contributed by atoms with Crippen LogP contribution in [0.3, 0.4) is 0 Å². The Morgan fingerprint density at radius 1 is 1.20 bits per heavy atom. The van der Waals surface area contributed by atoms with Gasteiger partial charge in [-0.1, -0.05) is 30.3 Å². The first kappa shape index (κ1) is 19.3. The van der Waals surface area contributed by atoms with Gasteiger partial charge >= 0.3 is 0 Å². The minimum Gasteiger partial charge on any atom is -0.383 e. The summed E-state index contributed by atoms with van der Waals surface area (Å²) in [7, 11) is 1.68. The lowest BCUT2D eigenvalue weighted by Gasteiger charge is -2.28. The van der Waals surface area contributed by atoms with Gasteiger partial charge in [0, 0.05) is 25.8 Å². The molecule has 0 spiro atoms. The summed E-state index contributed by atoms with van der Waals surface area (Å²) in [5.74, 6) is -0.00303. The molecule has 2 aliphatic rings. The van der Waals surface area contributed by atoms with Crippen molar-refractivity contribution in [1.29, 1.82) is 0 Å². The summed E-state index contributed by atoms with van der Waals surface area (Å²) < 4.78 is 7.18. The molecular weight excluding hydrogens is 396 g/mol. The van der Waals surface area contributed by atoms with Gasteiger partial charge in [-0.3, -0.25) is 9.59 Å². The number of carbonyl (C=O) groups excluding carboxylic acids is 1. The molecule has 6 heteroatoms. The Morgan fingerprint density at radius 3 is 2.83 bits per heavy atom. The standard InChI is InChI=1S/C24H24N2O3S/c1-29-15-18-8-5-11-25(18)24(28)20-14-19(16-6-3-2-4-7-16)23(27)26-12-9-17-10-13-30-22(17)21(20)26/h2-4,6-7,10,13-14,18H,5,8-9,11-12,15H2,1H3. The molecule has 1 unspecified atom stereocenters. The maximum atomic E-state index is 13.8. The fraction of sp³-hybridized carbons (Fsp3) is 0.333. The van der Waals surface area contributed by atoms with E-state index in [1.54, 1.807) is 18.4 Å². The molecule has 154 valence electrons. The number of aryl methyl sites for hydroxylation is 1. The summed E-state index contributed by atoms with van der Waals surface area (Å²) in [6, 6.07) is 13.7. The van der Waals surface area contributed by atoms with Gasteiger partial charge in [-0.05, 0) is 47.9 Å². The van der Waals surface area contributed by atoms with Crippen molar-refractivity contribution in [2.45, 2.75) is 31.8 Å². The van der Waals surface area contributed by atoms with Crippen LogP contribution in [0.5, 0.6) is 0 Å². The van der Waals surface area contributed by atoms with Crippen molar-refractivity contribution in [3.63, 3.8) is 0 Å². The number of amides is 1. The zero-order valence-corrected chi connectivity index (χ0v) is 17.8. The SMILES string of the molecule is COCC1CCCN1C(=O)c1cc(-c2ccccc2)c(=O)n2c1-c1sccc1CC2. The van der Waals surface area contributed by atoms with E-state index in [2.05, 4.69) is 6.07 Å². The Balaban J connectivity index is 1.71. The van der Waals surface area contributed by atoms with E-state index in [1.165, 1.54) is 5.56 Å². The monoisotopic (exact) mass is 420 g/mol. The lowest BCUT2D eigenvalue weighted by atomic mass is 9.97. The van der Waals surface area contributed by atoms with Crippen molar-refractivity contribution in [2.75, 3.05) is 20.3 Å². The normalized spacial score (nSPS) is 17.6. The second-order valence-electron chi connectivity index (χ2n) is 7.92. The molecule has 1 fully saturated rings. The highest BCUT2D eigenvalue weighted by atomic mass is 32.1.